The Labute approximate surface area is 175 Å². The highest BCUT2D eigenvalue weighted by Gasteiger charge is 2.39. The van der Waals surface area contributed by atoms with E-state index in [1.54, 1.807) is 20.2 Å². The standard InChI is InChI=1S/C22H34N2O4Si/c1-8-27-21(25)20-18(13-14-23-20)24-15-19(28-29(6,7)22(2,3)4)16-9-11-17(26-5)12-10-16/h9-14,19,23-24H,8,15H2,1-7H3. The van der Waals surface area contributed by atoms with E-state index < -0.39 is 8.32 Å². The molecule has 0 fully saturated rings. The van der Waals surface area contributed by atoms with Crippen LogP contribution < -0.4 is 10.1 Å². The Kier molecular flexibility index (Phi) is 7.54. The molecule has 2 aromatic rings. The van der Waals surface area contributed by atoms with Crippen LogP contribution in [-0.4, -0.2) is 39.5 Å². The van der Waals surface area contributed by atoms with Crippen molar-refractivity contribution in [3.8, 4) is 5.75 Å². The van der Waals surface area contributed by atoms with E-state index in [0.29, 0.717) is 24.5 Å². The lowest BCUT2D eigenvalue weighted by Crippen LogP contribution is -2.43. The molecule has 1 aromatic carbocycles. The van der Waals surface area contributed by atoms with Crippen molar-refractivity contribution in [2.24, 2.45) is 0 Å². The predicted octanol–water partition coefficient (Wildman–Crippen LogP) is 5.38. The molecule has 1 atom stereocenters. The number of hydrogen-bond donors (Lipinski definition) is 2. The molecule has 29 heavy (non-hydrogen) atoms. The summed E-state index contributed by atoms with van der Waals surface area (Å²) in [5.74, 6) is 0.439. The Morgan fingerprint density at radius 2 is 1.83 bits per heavy atom. The number of esters is 1. The van der Waals surface area contributed by atoms with Crippen LogP contribution in [0.4, 0.5) is 5.69 Å². The number of hydrogen-bond acceptors (Lipinski definition) is 5. The van der Waals surface area contributed by atoms with Crippen molar-refractivity contribution in [3.63, 3.8) is 0 Å². The summed E-state index contributed by atoms with van der Waals surface area (Å²) in [5.41, 5.74) is 2.20. The lowest BCUT2D eigenvalue weighted by molar-refractivity contribution is 0.0521. The van der Waals surface area contributed by atoms with E-state index in [9.17, 15) is 4.79 Å². The fourth-order valence-corrected chi connectivity index (χ4v) is 3.95. The van der Waals surface area contributed by atoms with Crippen LogP contribution in [0.1, 0.15) is 49.9 Å². The molecule has 1 unspecified atom stereocenters. The minimum Gasteiger partial charge on any atom is -0.497 e. The van der Waals surface area contributed by atoms with Gasteiger partial charge in [-0.2, -0.15) is 0 Å². The maximum Gasteiger partial charge on any atom is 0.356 e. The minimum absolute atomic E-state index is 0.0852. The number of aromatic amines is 1. The number of nitrogens with one attached hydrogen (secondary N) is 2. The summed E-state index contributed by atoms with van der Waals surface area (Å²) in [6, 6.07) is 9.78. The quantitative estimate of drug-likeness (QED) is 0.423. The average Bonchev–Trinajstić information content (AvgIpc) is 3.13. The van der Waals surface area contributed by atoms with E-state index in [4.69, 9.17) is 13.9 Å². The summed E-state index contributed by atoms with van der Waals surface area (Å²) in [6.45, 7) is 13.8. The molecule has 0 spiro atoms. The number of rotatable bonds is 9. The molecule has 0 aliphatic carbocycles. The first-order valence-corrected chi connectivity index (χ1v) is 12.9. The Morgan fingerprint density at radius 3 is 2.38 bits per heavy atom. The molecule has 1 heterocycles. The lowest BCUT2D eigenvalue weighted by atomic mass is 10.1. The Hall–Kier alpha value is -2.25. The van der Waals surface area contributed by atoms with Crippen molar-refractivity contribution in [2.45, 2.75) is 51.9 Å². The second-order valence-corrected chi connectivity index (χ2v) is 13.3. The first kappa shape index (κ1) is 23.0. The highest BCUT2D eigenvalue weighted by Crippen LogP contribution is 2.40. The fourth-order valence-electron chi connectivity index (χ4n) is 2.67. The van der Waals surface area contributed by atoms with Gasteiger partial charge in [0.15, 0.2) is 8.32 Å². The summed E-state index contributed by atoms with van der Waals surface area (Å²) in [5, 5.41) is 3.45. The van der Waals surface area contributed by atoms with Crippen molar-refractivity contribution < 1.29 is 18.7 Å². The smallest absolute Gasteiger partial charge is 0.356 e. The van der Waals surface area contributed by atoms with Gasteiger partial charge in [-0.3, -0.25) is 0 Å². The van der Waals surface area contributed by atoms with Gasteiger partial charge in [0.2, 0.25) is 0 Å². The average molecular weight is 419 g/mol. The maximum atomic E-state index is 12.1. The Morgan fingerprint density at radius 1 is 1.17 bits per heavy atom. The SMILES string of the molecule is CCOC(=O)c1[nH]ccc1NCC(O[Si](C)(C)C(C)(C)C)c1ccc(OC)cc1. The van der Waals surface area contributed by atoms with Gasteiger partial charge in [-0.1, -0.05) is 32.9 Å². The number of carbonyl (C=O) groups excluding carboxylic acids is 1. The largest absolute Gasteiger partial charge is 0.497 e. The predicted molar refractivity (Wildman–Crippen MR) is 119 cm³/mol. The molecule has 0 saturated carbocycles. The van der Waals surface area contributed by atoms with Gasteiger partial charge in [-0.05, 0) is 48.8 Å². The number of anilines is 1. The number of carbonyl (C=O) groups is 1. The third-order valence-electron chi connectivity index (χ3n) is 5.44. The number of ether oxygens (including phenoxy) is 2. The number of aromatic nitrogens is 1. The van der Waals surface area contributed by atoms with E-state index in [-0.39, 0.29) is 17.1 Å². The summed E-state index contributed by atoms with van der Waals surface area (Å²) in [4.78, 5) is 15.1. The first-order valence-electron chi connectivity index (χ1n) is 9.99. The van der Waals surface area contributed by atoms with Crippen LogP contribution in [-0.2, 0) is 9.16 Å². The lowest BCUT2D eigenvalue weighted by Gasteiger charge is -2.39. The van der Waals surface area contributed by atoms with Gasteiger partial charge in [0.1, 0.15) is 11.4 Å². The van der Waals surface area contributed by atoms with E-state index in [2.05, 4.69) is 44.2 Å². The Balaban J connectivity index is 2.24. The zero-order chi connectivity index (χ0) is 21.7. The van der Waals surface area contributed by atoms with Gasteiger partial charge in [0, 0.05) is 12.7 Å². The molecule has 160 valence electrons. The van der Waals surface area contributed by atoms with Gasteiger partial charge >= 0.3 is 5.97 Å². The van der Waals surface area contributed by atoms with Gasteiger partial charge < -0.3 is 24.2 Å². The van der Waals surface area contributed by atoms with Crippen molar-refractivity contribution in [2.75, 3.05) is 25.6 Å². The minimum atomic E-state index is -2.01. The summed E-state index contributed by atoms with van der Waals surface area (Å²) in [6.07, 6.45) is 1.57. The normalized spacial score (nSPS) is 13.1. The zero-order valence-electron chi connectivity index (χ0n) is 18.6. The fraction of sp³-hybridized carbons (Fsp3) is 0.500. The van der Waals surface area contributed by atoms with Crippen LogP contribution in [0.2, 0.25) is 18.1 Å². The molecule has 1 aromatic heterocycles. The molecular weight excluding hydrogens is 384 g/mol. The Bertz CT molecular complexity index is 794. The van der Waals surface area contributed by atoms with Gasteiger partial charge in [0.05, 0.1) is 25.5 Å². The van der Waals surface area contributed by atoms with Gasteiger partial charge in [-0.25, -0.2) is 4.79 Å². The third-order valence-corrected chi connectivity index (χ3v) is 9.92. The van der Waals surface area contributed by atoms with Crippen LogP contribution in [0.3, 0.4) is 0 Å². The topological polar surface area (TPSA) is 72.6 Å². The molecule has 6 nitrogen and oxygen atoms in total. The van der Waals surface area contributed by atoms with Gasteiger partial charge in [-0.15, -0.1) is 0 Å². The number of methoxy groups -OCH3 is 1. The van der Waals surface area contributed by atoms with E-state index in [1.165, 1.54) is 0 Å². The molecule has 0 aliphatic heterocycles. The first-order chi connectivity index (χ1) is 13.6. The third kappa shape index (κ3) is 5.87. The molecule has 0 saturated heterocycles. The van der Waals surface area contributed by atoms with E-state index >= 15 is 0 Å². The molecule has 0 radical (unpaired) electrons. The van der Waals surface area contributed by atoms with Crippen LogP contribution in [0.15, 0.2) is 36.5 Å². The summed E-state index contributed by atoms with van der Waals surface area (Å²) in [7, 11) is -0.358. The second-order valence-electron chi connectivity index (χ2n) is 8.51. The van der Waals surface area contributed by atoms with Crippen LogP contribution >= 0.6 is 0 Å². The summed E-state index contributed by atoms with van der Waals surface area (Å²) >= 11 is 0. The molecule has 0 bridgehead atoms. The van der Waals surface area contributed by atoms with Crippen LogP contribution in [0, 0.1) is 0 Å². The maximum absolute atomic E-state index is 12.1. The van der Waals surface area contributed by atoms with Crippen molar-refractivity contribution in [1.82, 2.24) is 4.98 Å². The number of H-pyrrole nitrogens is 1. The second kappa shape index (κ2) is 9.50. The molecule has 0 aliphatic rings. The molecule has 2 N–H and O–H groups in total. The van der Waals surface area contributed by atoms with Crippen molar-refractivity contribution >= 4 is 20.0 Å². The van der Waals surface area contributed by atoms with E-state index in [0.717, 1.165) is 11.3 Å². The van der Waals surface area contributed by atoms with Crippen molar-refractivity contribution in [3.05, 3.63) is 47.8 Å². The molecular formula is C22H34N2O4Si. The van der Waals surface area contributed by atoms with Crippen molar-refractivity contribution in [1.29, 1.82) is 0 Å². The zero-order valence-corrected chi connectivity index (χ0v) is 19.6. The van der Waals surface area contributed by atoms with Gasteiger partial charge in [0.25, 0.3) is 0 Å². The van der Waals surface area contributed by atoms with Crippen LogP contribution in [0.5, 0.6) is 5.75 Å². The monoisotopic (exact) mass is 418 g/mol. The molecule has 7 heteroatoms. The molecule has 0 amide bonds. The van der Waals surface area contributed by atoms with E-state index in [1.807, 2.05) is 30.3 Å². The van der Waals surface area contributed by atoms with Crippen LogP contribution in [0.25, 0.3) is 0 Å². The highest BCUT2D eigenvalue weighted by molar-refractivity contribution is 6.74. The number of benzene rings is 1. The molecule has 2 rings (SSSR count). The highest BCUT2D eigenvalue weighted by atomic mass is 28.4. The summed E-state index contributed by atoms with van der Waals surface area (Å²) < 4.78 is 17.1.